The van der Waals surface area contributed by atoms with Crippen LogP contribution in [0.4, 0.5) is 0 Å². The molecule has 0 atom stereocenters. The third kappa shape index (κ3) is 2.62. The van der Waals surface area contributed by atoms with Crippen molar-refractivity contribution in [2.75, 3.05) is 0 Å². The molecular weight excluding hydrogens is 360 g/mol. The number of benzene rings is 3. The zero-order valence-corrected chi connectivity index (χ0v) is 14.9. The summed E-state index contributed by atoms with van der Waals surface area (Å²) in [6, 6.07) is 24.6. The lowest BCUT2D eigenvalue weighted by molar-refractivity contribution is 0.562. The van der Waals surface area contributed by atoms with Crippen LogP contribution >= 0.6 is 11.6 Å². The van der Waals surface area contributed by atoms with Crippen molar-refractivity contribution in [3.05, 3.63) is 94.3 Å². The first-order valence-electron chi connectivity index (χ1n) is 8.47. The highest BCUT2D eigenvalue weighted by Crippen LogP contribution is 2.29. The minimum absolute atomic E-state index is 0.393. The lowest BCUT2D eigenvalue weighted by atomic mass is 10.1. The van der Waals surface area contributed by atoms with Crippen molar-refractivity contribution in [1.82, 2.24) is 9.55 Å². The van der Waals surface area contributed by atoms with E-state index in [-0.39, 0.29) is 0 Å². The zero-order chi connectivity index (χ0) is 18.4. The van der Waals surface area contributed by atoms with Gasteiger partial charge in [0.15, 0.2) is 5.82 Å². The van der Waals surface area contributed by atoms with Gasteiger partial charge >= 0.3 is 5.63 Å². The summed E-state index contributed by atoms with van der Waals surface area (Å²) in [5.41, 5.74) is 3.11. The summed E-state index contributed by atoms with van der Waals surface area (Å²) in [7, 11) is 0. The van der Waals surface area contributed by atoms with Gasteiger partial charge in [-0.1, -0.05) is 41.9 Å². The van der Waals surface area contributed by atoms with E-state index in [1.165, 1.54) is 0 Å². The molecule has 0 unspecified atom stereocenters. The van der Waals surface area contributed by atoms with Gasteiger partial charge in [0.25, 0.3) is 0 Å². The van der Waals surface area contributed by atoms with Crippen LogP contribution in [0.15, 0.2) is 88.1 Å². The van der Waals surface area contributed by atoms with Crippen LogP contribution in [0, 0.1) is 0 Å². The van der Waals surface area contributed by atoms with Gasteiger partial charge in [-0.2, -0.15) is 0 Å². The Hall–Kier alpha value is -3.37. The van der Waals surface area contributed by atoms with Crippen LogP contribution in [0.25, 0.3) is 39.1 Å². The number of halogens is 1. The maximum Gasteiger partial charge on any atom is 0.347 e. The maximum absolute atomic E-state index is 12.7. The third-order valence-electron chi connectivity index (χ3n) is 4.51. The van der Waals surface area contributed by atoms with Crippen molar-refractivity contribution in [2.45, 2.75) is 0 Å². The molecule has 3 aromatic carbocycles. The normalized spacial score (nSPS) is 11.3. The predicted octanol–water partition coefficient (Wildman–Crippen LogP) is 5.45. The fraction of sp³-hybridized carbons (Fsp3) is 0. The summed E-state index contributed by atoms with van der Waals surface area (Å²) >= 11 is 6.11. The molecule has 130 valence electrons. The topological polar surface area (TPSA) is 48.0 Å². The van der Waals surface area contributed by atoms with Gasteiger partial charge < -0.3 is 4.42 Å². The fourth-order valence-electron chi connectivity index (χ4n) is 3.30. The first kappa shape index (κ1) is 15.9. The Morgan fingerprint density at radius 3 is 2.52 bits per heavy atom. The second-order valence-electron chi connectivity index (χ2n) is 6.22. The molecule has 0 amide bonds. The summed E-state index contributed by atoms with van der Waals surface area (Å²) in [6.45, 7) is 0. The van der Waals surface area contributed by atoms with Crippen molar-refractivity contribution >= 4 is 33.6 Å². The summed E-state index contributed by atoms with van der Waals surface area (Å²) < 4.78 is 7.49. The van der Waals surface area contributed by atoms with E-state index in [1.807, 2.05) is 59.2 Å². The second-order valence-corrected chi connectivity index (χ2v) is 6.66. The highest BCUT2D eigenvalue weighted by molar-refractivity contribution is 6.31. The van der Waals surface area contributed by atoms with E-state index in [0.717, 1.165) is 22.1 Å². The molecule has 0 bridgehead atoms. The Morgan fingerprint density at radius 2 is 1.67 bits per heavy atom. The highest BCUT2D eigenvalue weighted by Gasteiger charge is 2.18. The molecule has 0 saturated carbocycles. The predicted molar refractivity (Wildman–Crippen MR) is 108 cm³/mol. The van der Waals surface area contributed by atoms with E-state index in [4.69, 9.17) is 21.0 Å². The SMILES string of the molecule is O=c1oc2ccc(Cl)cc2cc1-c1nc2ccccc2n1-c1ccccc1. The van der Waals surface area contributed by atoms with Gasteiger partial charge in [-0.3, -0.25) is 4.57 Å². The van der Waals surface area contributed by atoms with Gasteiger partial charge in [0.05, 0.1) is 11.0 Å². The van der Waals surface area contributed by atoms with Crippen LogP contribution in [0.3, 0.4) is 0 Å². The number of fused-ring (bicyclic) bond motifs is 2. The van der Waals surface area contributed by atoms with Gasteiger partial charge in [-0.15, -0.1) is 0 Å². The average Bonchev–Trinajstić information content (AvgIpc) is 3.07. The van der Waals surface area contributed by atoms with E-state index in [2.05, 4.69) is 0 Å². The quantitative estimate of drug-likeness (QED) is 0.387. The molecule has 4 nitrogen and oxygen atoms in total. The van der Waals surface area contributed by atoms with Crippen molar-refractivity contribution in [3.63, 3.8) is 0 Å². The molecule has 0 saturated heterocycles. The van der Waals surface area contributed by atoms with Crippen LogP contribution in [0.1, 0.15) is 0 Å². The molecule has 5 heteroatoms. The summed E-state index contributed by atoms with van der Waals surface area (Å²) in [5, 5.41) is 1.34. The molecule has 2 aromatic heterocycles. The van der Waals surface area contributed by atoms with E-state index >= 15 is 0 Å². The Labute approximate surface area is 159 Å². The van der Waals surface area contributed by atoms with Crippen molar-refractivity contribution in [2.24, 2.45) is 0 Å². The Morgan fingerprint density at radius 1 is 0.889 bits per heavy atom. The lowest BCUT2D eigenvalue weighted by Crippen LogP contribution is -2.07. The number of nitrogens with zero attached hydrogens (tertiary/aromatic N) is 2. The minimum Gasteiger partial charge on any atom is -0.422 e. The van der Waals surface area contributed by atoms with Crippen molar-refractivity contribution < 1.29 is 4.42 Å². The molecule has 0 aliphatic rings. The Kier molecular flexibility index (Phi) is 3.59. The van der Waals surface area contributed by atoms with Gasteiger partial charge in [-0.05, 0) is 48.5 Å². The van der Waals surface area contributed by atoms with Crippen molar-refractivity contribution in [1.29, 1.82) is 0 Å². The zero-order valence-electron chi connectivity index (χ0n) is 14.1. The van der Waals surface area contributed by atoms with E-state index < -0.39 is 5.63 Å². The van der Waals surface area contributed by atoms with Crippen molar-refractivity contribution in [3.8, 4) is 17.1 Å². The first-order valence-corrected chi connectivity index (χ1v) is 8.85. The largest absolute Gasteiger partial charge is 0.422 e. The van der Waals surface area contributed by atoms with Gasteiger partial charge in [-0.25, -0.2) is 9.78 Å². The molecule has 0 aliphatic heterocycles. The first-order chi connectivity index (χ1) is 13.2. The molecule has 0 radical (unpaired) electrons. The summed E-state index contributed by atoms with van der Waals surface area (Å²) in [6.07, 6.45) is 0. The molecule has 0 N–H and O–H groups in total. The number of hydrogen-bond donors (Lipinski definition) is 0. The molecule has 27 heavy (non-hydrogen) atoms. The number of para-hydroxylation sites is 3. The standard InChI is InChI=1S/C22H13ClN2O2/c23-15-10-11-20-14(12-15)13-17(22(26)27-20)21-24-18-8-4-5-9-19(18)25(21)16-6-2-1-3-7-16/h1-13H. The van der Waals surface area contributed by atoms with E-state index in [1.54, 1.807) is 24.3 Å². The second kappa shape index (κ2) is 6.11. The number of imidazole rings is 1. The molecule has 0 aliphatic carbocycles. The van der Waals surface area contributed by atoms with E-state index in [0.29, 0.717) is 22.0 Å². The van der Waals surface area contributed by atoms with Crippen LogP contribution < -0.4 is 5.63 Å². The third-order valence-corrected chi connectivity index (χ3v) is 4.75. The smallest absolute Gasteiger partial charge is 0.347 e. The number of rotatable bonds is 2. The van der Waals surface area contributed by atoms with Crippen LogP contribution in [-0.2, 0) is 0 Å². The van der Waals surface area contributed by atoms with Crippen LogP contribution in [0.5, 0.6) is 0 Å². The Bertz CT molecular complexity index is 1350. The molecule has 0 spiro atoms. The Balaban J connectivity index is 1.87. The lowest BCUT2D eigenvalue weighted by Gasteiger charge is -2.09. The molecule has 5 rings (SSSR count). The molecule has 5 aromatic rings. The van der Waals surface area contributed by atoms with Gasteiger partial charge in [0.2, 0.25) is 0 Å². The monoisotopic (exact) mass is 372 g/mol. The number of aromatic nitrogens is 2. The summed E-state index contributed by atoms with van der Waals surface area (Å²) in [4.78, 5) is 17.4. The highest BCUT2D eigenvalue weighted by atomic mass is 35.5. The van der Waals surface area contributed by atoms with Crippen LogP contribution in [-0.4, -0.2) is 9.55 Å². The molecule has 0 fully saturated rings. The fourth-order valence-corrected chi connectivity index (χ4v) is 3.48. The molecular formula is C22H13ClN2O2. The van der Waals surface area contributed by atoms with Gasteiger partial charge in [0.1, 0.15) is 11.1 Å². The van der Waals surface area contributed by atoms with Gasteiger partial charge in [0, 0.05) is 16.1 Å². The van der Waals surface area contributed by atoms with Crippen LogP contribution in [0.2, 0.25) is 5.02 Å². The minimum atomic E-state index is -0.433. The molecule has 2 heterocycles. The van der Waals surface area contributed by atoms with E-state index in [9.17, 15) is 4.79 Å². The average molecular weight is 373 g/mol. The summed E-state index contributed by atoms with van der Waals surface area (Å²) in [5.74, 6) is 0.540. The number of hydrogen-bond acceptors (Lipinski definition) is 3. The maximum atomic E-state index is 12.7.